The monoisotopic (exact) mass is 219 g/mol. The van der Waals surface area contributed by atoms with Crippen molar-refractivity contribution in [3.8, 4) is 0 Å². The minimum atomic E-state index is -0.237. The summed E-state index contributed by atoms with van der Waals surface area (Å²) in [6, 6.07) is 0. The Bertz CT molecular complexity index is 164. The first kappa shape index (κ1) is 14.3. The highest BCUT2D eigenvalue weighted by Gasteiger charge is 2.04. The van der Waals surface area contributed by atoms with Gasteiger partial charge in [-0.1, -0.05) is 0 Å². The molecule has 0 aliphatic heterocycles. The number of nitrogens with zero attached hydrogens (tertiary/aromatic N) is 1. The van der Waals surface area contributed by atoms with E-state index in [9.17, 15) is 4.79 Å². The molecule has 2 N–H and O–H groups in total. The molecular formula is C10H21NO4. The third-order valence-electron chi connectivity index (χ3n) is 1.96. The maximum atomic E-state index is 11.1. The molecular weight excluding hydrogens is 198 g/mol. The van der Waals surface area contributed by atoms with Crippen LogP contribution < -0.4 is 0 Å². The number of esters is 1. The van der Waals surface area contributed by atoms with E-state index in [1.54, 1.807) is 0 Å². The van der Waals surface area contributed by atoms with Gasteiger partial charge in [-0.3, -0.25) is 4.79 Å². The first-order chi connectivity index (χ1) is 7.20. The molecule has 0 radical (unpaired) electrons. The Morgan fingerprint density at radius 3 is 2.47 bits per heavy atom. The zero-order chi connectivity index (χ0) is 11.5. The van der Waals surface area contributed by atoms with Crippen LogP contribution >= 0.6 is 0 Å². The van der Waals surface area contributed by atoms with Crippen molar-refractivity contribution in [2.45, 2.75) is 19.3 Å². The van der Waals surface area contributed by atoms with Crippen LogP contribution in [0.5, 0.6) is 0 Å². The number of hydrogen-bond donors (Lipinski definition) is 2. The van der Waals surface area contributed by atoms with Crippen LogP contribution in [0.1, 0.15) is 19.3 Å². The number of aliphatic hydroxyl groups excluding tert-OH is 2. The molecule has 0 amide bonds. The van der Waals surface area contributed by atoms with Gasteiger partial charge in [0.05, 0.1) is 13.0 Å². The molecule has 0 atom stereocenters. The van der Waals surface area contributed by atoms with Gasteiger partial charge in [-0.2, -0.15) is 0 Å². The number of rotatable bonds is 9. The Labute approximate surface area is 90.6 Å². The topological polar surface area (TPSA) is 70.0 Å². The van der Waals surface area contributed by atoms with E-state index in [1.165, 1.54) is 0 Å². The largest absolute Gasteiger partial charge is 0.466 e. The van der Waals surface area contributed by atoms with Crippen molar-refractivity contribution in [3.63, 3.8) is 0 Å². The molecule has 0 spiro atoms. The standard InChI is InChI=1S/C10H21NO4/c1-11(5-2-7-12)6-4-10(14)15-9-3-8-13/h12-13H,2-9H2,1H3. The Kier molecular flexibility index (Phi) is 9.46. The summed E-state index contributed by atoms with van der Waals surface area (Å²) in [5.41, 5.74) is 0. The van der Waals surface area contributed by atoms with Gasteiger partial charge in [0.2, 0.25) is 0 Å². The molecule has 0 aromatic rings. The molecule has 0 aromatic heterocycles. The highest BCUT2D eigenvalue weighted by Crippen LogP contribution is 1.93. The van der Waals surface area contributed by atoms with Crippen molar-refractivity contribution >= 4 is 5.97 Å². The van der Waals surface area contributed by atoms with Gasteiger partial charge < -0.3 is 19.8 Å². The second-order valence-corrected chi connectivity index (χ2v) is 3.43. The van der Waals surface area contributed by atoms with Crippen molar-refractivity contribution < 1.29 is 19.7 Å². The van der Waals surface area contributed by atoms with E-state index in [0.29, 0.717) is 19.4 Å². The van der Waals surface area contributed by atoms with Crippen molar-refractivity contribution in [1.82, 2.24) is 4.90 Å². The van der Waals surface area contributed by atoms with Crippen LogP contribution in [0.15, 0.2) is 0 Å². The molecule has 90 valence electrons. The number of hydrogen-bond acceptors (Lipinski definition) is 5. The summed E-state index contributed by atoms with van der Waals surface area (Å²) < 4.78 is 4.86. The summed E-state index contributed by atoms with van der Waals surface area (Å²) >= 11 is 0. The fraction of sp³-hybridized carbons (Fsp3) is 0.900. The Morgan fingerprint density at radius 2 is 1.87 bits per heavy atom. The minimum absolute atomic E-state index is 0.0453. The van der Waals surface area contributed by atoms with Gasteiger partial charge in [-0.15, -0.1) is 0 Å². The molecule has 0 heterocycles. The van der Waals surface area contributed by atoms with E-state index in [4.69, 9.17) is 14.9 Å². The summed E-state index contributed by atoms with van der Waals surface area (Å²) in [6.45, 7) is 1.92. The number of carbonyl (C=O) groups excluding carboxylic acids is 1. The lowest BCUT2D eigenvalue weighted by Crippen LogP contribution is -2.24. The highest BCUT2D eigenvalue weighted by molar-refractivity contribution is 5.69. The van der Waals surface area contributed by atoms with E-state index >= 15 is 0 Å². The normalized spacial score (nSPS) is 10.7. The highest BCUT2D eigenvalue weighted by atomic mass is 16.5. The van der Waals surface area contributed by atoms with Gasteiger partial charge in [0.25, 0.3) is 0 Å². The van der Waals surface area contributed by atoms with Crippen LogP contribution in [0.25, 0.3) is 0 Å². The molecule has 0 fully saturated rings. The molecule has 0 saturated heterocycles. The molecule has 5 nitrogen and oxygen atoms in total. The van der Waals surface area contributed by atoms with Gasteiger partial charge in [-0.25, -0.2) is 0 Å². The lowest BCUT2D eigenvalue weighted by Gasteiger charge is -2.14. The smallest absolute Gasteiger partial charge is 0.307 e. The van der Waals surface area contributed by atoms with Crippen LogP contribution in [0.2, 0.25) is 0 Å². The van der Waals surface area contributed by atoms with E-state index < -0.39 is 0 Å². The van der Waals surface area contributed by atoms with Gasteiger partial charge >= 0.3 is 5.97 Å². The number of ether oxygens (including phenoxy) is 1. The number of aliphatic hydroxyl groups is 2. The van der Waals surface area contributed by atoms with E-state index in [-0.39, 0.29) is 25.8 Å². The SMILES string of the molecule is CN(CCCO)CCC(=O)OCCCO. The van der Waals surface area contributed by atoms with Gasteiger partial charge in [0, 0.05) is 32.7 Å². The molecule has 0 aliphatic rings. The third kappa shape index (κ3) is 9.65. The average molecular weight is 219 g/mol. The zero-order valence-electron chi connectivity index (χ0n) is 9.31. The van der Waals surface area contributed by atoms with E-state index in [0.717, 1.165) is 13.0 Å². The molecule has 0 aliphatic carbocycles. The van der Waals surface area contributed by atoms with Gasteiger partial charge in [0.1, 0.15) is 0 Å². The molecule has 0 rings (SSSR count). The molecule has 5 heteroatoms. The fourth-order valence-corrected chi connectivity index (χ4v) is 1.06. The Morgan fingerprint density at radius 1 is 1.20 bits per heavy atom. The average Bonchev–Trinajstić information content (AvgIpc) is 2.24. The molecule has 0 saturated carbocycles. The second-order valence-electron chi connectivity index (χ2n) is 3.43. The van der Waals surface area contributed by atoms with Crippen LogP contribution in [0, 0.1) is 0 Å². The lowest BCUT2D eigenvalue weighted by molar-refractivity contribution is -0.144. The molecule has 0 aromatic carbocycles. The predicted octanol–water partition coefficient (Wildman–Crippen LogP) is -0.384. The minimum Gasteiger partial charge on any atom is -0.466 e. The third-order valence-corrected chi connectivity index (χ3v) is 1.96. The predicted molar refractivity (Wildman–Crippen MR) is 56.5 cm³/mol. The summed E-state index contributed by atoms with van der Waals surface area (Å²) in [5.74, 6) is -0.237. The van der Waals surface area contributed by atoms with Crippen LogP contribution in [0.3, 0.4) is 0 Å². The van der Waals surface area contributed by atoms with E-state index in [1.807, 2.05) is 11.9 Å². The van der Waals surface area contributed by atoms with Gasteiger partial charge in [0.15, 0.2) is 0 Å². The molecule has 0 unspecified atom stereocenters. The summed E-state index contributed by atoms with van der Waals surface area (Å²) in [4.78, 5) is 13.1. The first-order valence-electron chi connectivity index (χ1n) is 5.26. The second kappa shape index (κ2) is 9.89. The quantitative estimate of drug-likeness (QED) is 0.408. The van der Waals surface area contributed by atoms with Crippen LogP contribution in [-0.4, -0.2) is 61.0 Å². The molecule has 15 heavy (non-hydrogen) atoms. The van der Waals surface area contributed by atoms with Crippen molar-refractivity contribution in [2.24, 2.45) is 0 Å². The fourth-order valence-electron chi connectivity index (χ4n) is 1.06. The van der Waals surface area contributed by atoms with Crippen molar-refractivity contribution in [3.05, 3.63) is 0 Å². The van der Waals surface area contributed by atoms with Crippen LogP contribution in [-0.2, 0) is 9.53 Å². The lowest BCUT2D eigenvalue weighted by atomic mass is 10.3. The Hall–Kier alpha value is -0.650. The summed E-state index contributed by atoms with van der Waals surface area (Å²) in [5, 5.41) is 17.1. The maximum absolute atomic E-state index is 11.1. The van der Waals surface area contributed by atoms with Crippen molar-refractivity contribution in [2.75, 3.05) is 40.0 Å². The number of carbonyl (C=O) groups is 1. The maximum Gasteiger partial charge on any atom is 0.307 e. The van der Waals surface area contributed by atoms with E-state index in [2.05, 4.69) is 0 Å². The van der Waals surface area contributed by atoms with Crippen molar-refractivity contribution in [1.29, 1.82) is 0 Å². The summed E-state index contributed by atoms with van der Waals surface area (Å²) in [6.07, 6.45) is 1.56. The van der Waals surface area contributed by atoms with Gasteiger partial charge in [-0.05, 0) is 13.5 Å². The first-order valence-corrected chi connectivity index (χ1v) is 5.26. The zero-order valence-corrected chi connectivity index (χ0v) is 9.31. The summed E-state index contributed by atoms with van der Waals surface area (Å²) in [7, 11) is 1.90. The Balaban J connectivity index is 3.36. The van der Waals surface area contributed by atoms with Crippen LogP contribution in [0.4, 0.5) is 0 Å². The molecule has 0 bridgehead atoms.